The van der Waals surface area contributed by atoms with Crippen LogP contribution in [0.25, 0.3) is 0 Å². The minimum atomic E-state index is 0.705. The molecule has 0 aliphatic heterocycles. The van der Waals surface area contributed by atoms with Crippen LogP contribution in [0.15, 0.2) is 0 Å². The molecule has 0 aromatic rings. The molecule has 0 aliphatic carbocycles. The molecule has 0 saturated heterocycles. The van der Waals surface area contributed by atoms with E-state index in [1.807, 2.05) is 0 Å². The van der Waals surface area contributed by atoms with Crippen LogP contribution in [0, 0.1) is 0 Å². The number of rotatable bonds is 21. The van der Waals surface area contributed by atoms with Gasteiger partial charge in [0.05, 0.1) is 0 Å². The van der Waals surface area contributed by atoms with Gasteiger partial charge in [-0.1, -0.05) is 0 Å². The van der Waals surface area contributed by atoms with Gasteiger partial charge in [-0.15, -0.1) is 0 Å². The van der Waals surface area contributed by atoms with Gasteiger partial charge in [0, 0.05) is 52.9 Å². The van der Waals surface area contributed by atoms with Crippen LogP contribution in [0.5, 0.6) is 0 Å². The molecule has 0 spiro atoms. The van der Waals surface area contributed by atoms with Crippen molar-refractivity contribution >= 4 is 0 Å². The van der Waals surface area contributed by atoms with Crippen LogP contribution in [0.4, 0.5) is 0 Å². The first-order chi connectivity index (χ1) is 11.9. The van der Waals surface area contributed by atoms with Crippen LogP contribution < -0.4 is 11.5 Å². The van der Waals surface area contributed by atoms with Gasteiger partial charge in [-0.3, -0.25) is 0 Å². The van der Waals surface area contributed by atoms with Gasteiger partial charge in [0.25, 0.3) is 0 Å². The van der Waals surface area contributed by atoms with Crippen molar-refractivity contribution in [3.8, 4) is 0 Å². The maximum atomic E-state index is 5.60. The molecule has 24 heavy (non-hydrogen) atoms. The van der Waals surface area contributed by atoms with E-state index in [0.717, 1.165) is 104 Å². The fourth-order valence-corrected chi connectivity index (χ4v) is 2.00. The smallest absolute Gasteiger partial charge is 0.0478 e. The molecule has 6 nitrogen and oxygen atoms in total. The largest absolute Gasteiger partial charge is 0.381 e. The summed E-state index contributed by atoms with van der Waals surface area (Å²) in [6.07, 6.45) is 8.26. The Kier molecular flexibility index (Phi) is 22.5. The predicted molar refractivity (Wildman–Crippen MR) is 98.3 cm³/mol. The Morgan fingerprint density at radius 3 is 0.750 bits per heavy atom. The minimum Gasteiger partial charge on any atom is -0.381 e. The Morgan fingerprint density at radius 2 is 0.542 bits per heavy atom. The highest BCUT2D eigenvalue weighted by atomic mass is 16.5. The van der Waals surface area contributed by atoms with Gasteiger partial charge in [0.2, 0.25) is 0 Å². The second-order valence-corrected chi connectivity index (χ2v) is 5.86. The summed E-state index contributed by atoms with van der Waals surface area (Å²) in [6, 6.07) is 0. The third-order valence-electron chi connectivity index (χ3n) is 3.47. The summed E-state index contributed by atoms with van der Waals surface area (Å²) in [5.41, 5.74) is 10.8. The van der Waals surface area contributed by atoms with Crippen molar-refractivity contribution in [2.45, 2.75) is 51.4 Å². The second-order valence-electron chi connectivity index (χ2n) is 5.86. The summed E-state index contributed by atoms with van der Waals surface area (Å²) in [5, 5.41) is 0. The number of nitrogens with two attached hydrogens (primary N) is 2. The lowest BCUT2D eigenvalue weighted by atomic mass is 10.3. The standard InChI is InChI=1S/C18H40N2O4/c19-9-7-17-23-15-5-3-13-21-11-1-2-12-22-14-4-6-16-24-18-8-10-20/h1-20H2. The molecule has 0 aromatic heterocycles. The first kappa shape index (κ1) is 23.8. The van der Waals surface area contributed by atoms with Gasteiger partial charge < -0.3 is 30.4 Å². The zero-order chi connectivity index (χ0) is 17.6. The van der Waals surface area contributed by atoms with E-state index in [2.05, 4.69) is 0 Å². The first-order valence-corrected chi connectivity index (χ1v) is 9.63. The Labute approximate surface area is 148 Å². The van der Waals surface area contributed by atoms with E-state index in [-0.39, 0.29) is 0 Å². The maximum Gasteiger partial charge on any atom is 0.0478 e. The van der Waals surface area contributed by atoms with Crippen molar-refractivity contribution in [1.82, 2.24) is 0 Å². The summed E-state index contributed by atoms with van der Waals surface area (Å²) in [5.74, 6) is 0. The Bertz CT molecular complexity index is 199. The molecule has 0 bridgehead atoms. The van der Waals surface area contributed by atoms with Crippen molar-refractivity contribution in [3.63, 3.8) is 0 Å². The molecule has 146 valence electrons. The zero-order valence-electron chi connectivity index (χ0n) is 15.5. The van der Waals surface area contributed by atoms with Crippen LogP contribution in [0.2, 0.25) is 0 Å². The lowest BCUT2D eigenvalue weighted by molar-refractivity contribution is 0.0848. The zero-order valence-corrected chi connectivity index (χ0v) is 15.5. The quantitative estimate of drug-likeness (QED) is 0.309. The molecule has 4 N–H and O–H groups in total. The van der Waals surface area contributed by atoms with Gasteiger partial charge in [-0.25, -0.2) is 0 Å². The molecule has 0 heterocycles. The van der Waals surface area contributed by atoms with Crippen molar-refractivity contribution in [2.24, 2.45) is 11.5 Å². The second kappa shape index (κ2) is 22.8. The highest BCUT2D eigenvalue weighted by Crippen LogP contribution is 1.97. The molecule has 0 aliphatic rings. The van der Waals surface area contributed by atoms with Crippen molar-refractivity contribution in [2.75, 3.05) is 65.9 Å². The SMILES string of the molecule is NCCCOCCCCOCCCCOCCCCOCCCN. The Morgan fingerprint density at radius 1 is 0.333 bits per heavy atom. The van der Waals surface area contributed by atoms with Gasteiger partial charge in [-0.05, 0) is 64.5 Å². The fraction of sp³-hybridized carbons (Fsp3) is 1.00. The summed E-state index contributed by atoms with van der Waals surface area (Å²) >= 11 is 0. The van der Waals surface area contributed by atoms with E-state index in [1.165, 1.54) is 0 Å². The maximum absolute atomic E-state index is 5.60. The summed E-state index contributed by atoms with van der Waals surface area (Å²) < 4.78 is 22.1. The summed E-state index contributed by atoms with van der Waals surface area (Å²) in [6.45, 7) is 7.89. The number of hydrogen-bond donors (Lipinski definition) is 2. The van der Waals surface area contributed by atoms with Gasteiger partial charge in [0.15, 0.2) is 0 Å². The molecule has 0 radical (unpaired) electrons. The third kappa shape index (κ3) is 21.8. The Balaban J connectivity index is 2.93. The molecule has 0 saturated carbocycles. The van der Waals surface area contributed by atoms with Crippen molar-refractivity contribution in [3.05, 3.63) is 0 Å². The van der Waals surface area contributed by atoms with Gasteiger partial charge in [-0.2, -0.15) is 0 Å². The topological polar surface area (TPSA) is 89.0 Å². The average Bonchev–Trinajstić information content (AvgIpc) is 2.60. The van der Waals surface area contributed by atoms with E-state index in [9.17, 15) is 0 Å². The van der Waals surface area contributed by atoms with Crippen LogP contribution in [-0.4, -0.2) is 65.9 Å². The number of unbranched alkanes of at least 4 members (excludes halogenated alkanes) is 3. The van der Waals surface area contributed by atoms with E-state index < -0.39 is 0 Å². The van der Waals surface area contributed by atoms with Crippen molar-refractivity contribution < 1.29 is 18.9 Å². The molecule has 0 unspecified atom stereocenters. The summed E-state index contributed by atoms with van der Waals surface area (Å²) in [4.78, 5) is 0. The molecule has 0 rings (SSSR count). The average molecular weight is 349 g/mol. The van der Waals surface area contributed by atoms with Crippen LogP contribution in [0.3, 0.4) is 0 Å². The van der Waals surface area contributed by atoms with Crippen molar-refractivity contribution in [1.29, 1.82) is 0 Å². The van der Waals surface area contributed by atoms with E-state index in [4.69, 9.17) is 30.4 Å². The predicted octanol–water partition coefficient (Wildman–Crippen LogP) is 2.09. The molecule has 0 fully saturated rings. The third-order valence-corrected chi connectivity index (χ3v) is 3.47. The van der Waals surface area contributed by atoms with E-state index >= 15 is 0 Å². The number of hydrogen-bond acceptors (Lipinski definition) is 6. The molecule has 0 amide bonds. The molecular formula is C18H40N2O4. The van der Waals surface area contributed by atoms with E-state index in [0.29, 0.717) is 13.1 Å². The number of ether oxygens (including phenoxy) is 4. The highest BCUT2D eigenvalue weighted by molar-refractivity contribution is 4.44. The highest BCUT2D eigenvalue weighted by Gasteiger charge is 1.94. The summed E-state index contributed by atoms with van der Waals surface area (Å²) in [7, 11) is 0. The lowest BCUT2D eigenvalue weighted by Gasteiger charge is -2.06. The van der Waals surface area contributed by atoms with Crippen LogP contribution in [-0.2, 0) is 18.9 Å². The van der Waals surface area contributed by atoms with Crippen LogP contribution in [0.1, 0.15) is 51.4 Å². The molecular weight excluding hydrogens is 308 g/mol. The molecule has 0 atom stereocenters. The minimum absolute atomic E-state index is 0.705. The molecule has 0 aromatic carbocycles. The normalized spacial score (nSPS) is 11.2. The monoisotopic (exact) mass is 348 g/mol. The van der Waals surface area contributed by atoms with Gasteiger partial charge >= 0.3 is 0 Å². The van der Waals surface area contributed by atoms with Gasteiger partial charge in [0.1, 0.15) is 0 Å². The molecule has 6 heteroatoms. The lowest BCUT2D eigenvalue weighted by Crippen LogP contribution is -2.06. The Hall–Kier alpha value is -0.240. The fourth-order valence-electron chi connectivity index (χ4n) is 2.00. The van der Waals surface area contributed by atoms with Crippen LogP contribution >= 0.6 is 0 Å². The first-order valence-electron chi connectivity index (χ1n) is 9.63. The van der Waals surface area contributed by atoms with E-state index in [1.54, 1.807) is 0 Å².